The summed E-state index contributed by atoms with van der Waals surface area (Å²) in [5.74, 6) is 0.364. The number of hydrogen-bond acceptors (Lipinski definition) is 7. The second-order valence-corrected chi connectivity index (χ2v) is 6.18. The van der Waals surface area contributed by atoms with Gasteiger partial charge in [-0.2, -0.15) is 18.2 Å². The maximum atomic E-state index is 13.5. The van der Waals surface area contributed by atoms with Crippen molar-refractivity contribution in [2.24, 2.45) is 0 Å². The van der Waals surface area contributed by atoms with E-state index in [9.17, 15) is 13.2 Å². The van der Waals surface area contributed by atoms with Crippen molar-refractivity contribution in [1.82, 2.24) is 20.1 Å². The Labute approximate surface area is 172 Å². The zero-order valence-corrected chi connectivity index (χ0v) is 17.4. The quantitative estimate of drug-likeness (QED) is 0.594. The Hall–Kier alpha value is -3.17. The van der Waals surface area contributed by atoms with E-state index in [1.165, 1.54) is 18.3 Å². The molecule has 0 unspecified atom stereocenters. The molecule has 162 valence electrons. The number of nitrogens with zero attached hydrogens (tertiary/aromatic N) is 4. The molecule has 0 fully saturated rings. The Bertz CT molecular complexity index is 989. The largest absolute Gasteiger partial charge is 0.490 e. The molecule has 2 N–H and O–H groups in total. The van der Waals surface area contributed by atoms with E-state index in [1.807, 2.05) is 20.8 Å². The van der Waals surface area contributed by atoms with Crippen LogP contribution in [0.4, 0.5) is 19.0 Å². The molecule has 1 aromatic carbocycles. The van der Waals surface area contributed by atoms with Gasteiger partial charge in [-0.15, -0.1) is 0 Å². The first kappa shape index (κ1) is 23.1. The van der Waals surface area contributed by atoms with E-state index in [0.717, 1.165) is 6.07 Å². The monoisotopic (exact) mass is 423 g/mol. The second-order valence-electron chi connectivity index (χ2n) is 6.18. The fourth-order valence-electron chi connectivity index (χ4n) is 2.40. The number of anilines is 1. The molecule has 7 nitrogen and oxygen atoms in total. The third-order valence-corrected chi connectivity index (χ3v) is 4.04. The normalized spacial score (nSPS) is 12.1. The van der Waals surface area contributed by atoms with Crippen LogP contribution in [0.1, 0.15) is 45.5 Å². The summed E-state index contributed by atoms with van der Waals surface area (Å²) in [6, 6.07) is 3.60. The third kappa shape index (κ3) is 5.25. The highest BCUT2D eigenvalue weighted by Crippen LogP contribution is 2.39. The lowest BCUT2D eigenvalue weighted by Gasteiger charge is -2.18. The topological polar surface area (TPSA) is 100.0 Å². The van der Waals surface area contributed by atoms with Gasteiger partial charge in [0.1, 0.15) is 17.4 Å². The molecule has 0 spiro atoms. The smallest absolute Gasteiger partial charge is 0.419 e. The first-order valence-corrected chi connectivity index (χ1v) is 9.50. The van der Waals surface area contributed by atoms with Gasteiger partial charge in [-0.05, 0) is 38.5 Å². The van der Waals surface area contributed by atoms with Crippen LogP contribution < -0.4 is 10.5 Å². The van der Waals surface area contributed by atoms with Crippen LogP contribution in [0.5, 0.6) is 5.75 Å². The van der Waals surface area contributed by atoms with Crippen LogP contribution in [0.15, 0.2) is 28.9 Å². The van der Waals surface area contributed by atoms with Crippen molar-refractivity contribution in [1.29, 1.82) is 0 Å². The SMILES string of the molecule is CC.CC[C@H](C)Oc1ccc(-c2nc(-c3cnc(C)nc3N)no2)cc1C(F)(F)F. The molecule has 30 heavy (non-hydrogen) atoms. The van der Waals surface area contributed by atoms with E-state index in [2.05, 4.69) is 20.1 Å². The molecule has 3 aromatic rings. The lowest BCUT2D eigenvalue weighted by Crippen LogP contribution is -2.15. The summed E-state index contributed by atoms with van der Waals surface area (Å²) in [4.78, 5) is 12.1. The first-order valence-electron chi connectivity index (χ1n) is 9.50. The summed E-state index contributed by atoms with van der Waals surface area (Å²) in [5.41, 5.74) is 5.34. The molecule has 0 aliphatic rings. The number of nitrogen functional groups attached to an aromatic ring is 1. The number of rotatable bonds is 5. The zero-order valence-electron chi connectivity index (χ0n) is 17.4. The molecule has 10 heteroatoms. The molecular formula is C20H24F3N5O2. The van der Waals surface area contributed by atoms with Gasteiger partial charge in [0.25, 0.3) is 5.89 Å². The number of nitrogens with two attached hydrogens (primary N) is 1. The zero-order chi connectivity index (χ0) is 22.5. The van der Waals surface area contributed by atoms with Gasteiger partial charge in [0.2, 0.25) is 5.82 Å². The van der Waals surface area contributed by atoms with Crippen LogP contribution in [0.25, 0.3) is 22.8 Å². The molecular weight excluding hydrogens is 399 g/mol. The Morgan fingerprint density at radius 3 is 2.50 bits per heavy atom. The number of ether oxygens (including phenoxy) is 1. The van der Waals surface area contributed by atoms with Gasteiger partial charge in [-0.25, -0.2) is 9.97 Å². The average Bonchev–Trinajstić information content (AvgIpc) is 3.18. The Kier molecular flexibility index (Phi) is 7.36. The number of hydrogen-bond donors (Lipinski definition) is 1. The van der Waals surface area contributed by atoms with Crippen molar-refractivity contribution in [3.8, 4) is 28.6 Å². The highest BCUT2D eigenvalue weighted by Gasteiger charge is 2.35. The lowest BCUT2D eigenvalue weighted by atomic mass is 10.1. The first-order chi connectivity index (χ1) is 14.2. The summed E-state index contributed by atoms with van der Waals surface area (Å²) >= 11 is 0. The van der Waals surface area contributed by atoms with E-state index < -0.39 is 11.7 Å². The molecule has 1 atom stereocenters. The highest BCUT2D eigenvalue weighted by atomic mass is 19.4. The fraction of sp³-hybridized carbons (Fsp3) is 0.400. The van der Waals surface area contributed by atoms with E-state index >= 15 is 0 Å². The third-order valence-electron chi connectivity index (χ3n) is 4.04. The van der Waals surface area contributed by atoms with Gasteiger partial charge in [-0.1, -0.05) is 25.9 Å². The van der Waals surface area contributed by atoms with Gasteiger partial charge < -0.3 is 15.0 Å². The molecule has 0 radical (unpaired) electrons. The molecule has 2 aromatic heterocycles. The molecule has 0 aliphatic heterocycles. The van der Waals surface area contributed by atoms with E-state index in [-0.39, 0.29) is 34.9 Å². The van der Waals surface area contributed by atoms with Crippen LogP contribution in [0.3, 0.4) is 0 Å². The summed E-state index contributed by atoms with van der Waals surface area (Å²) in [6.45, 7) is 9.20. The molecule has 0 saturated carbocycles. The molecule has 0 saturated heterocycles. The predicted molar refractivity (Wildman–Crippen MR) is 107 cm³/mol. The van der Waals surface area contributed by atoms with Crippen LogP contribution in [-0.4, -0.2) is 26.2 Å². The number of alkyl halides is 3. The lowest BCUT2D eigenvalue weighted by molar-refractivity contribution is -0.139. The molecule has 0 bridgehead atoms. The summed E-state index contributed by atoms with van der Waals surface area (Å²) in [5, 5.41) is 3.77. The maximum Gasteiger partial charge on any atom is 0.419 e. The summed E-state index contributed by atoms with van der Waals surface area (Å²) in [7, 11) is 0. The van der Waals surface area contributed by atoms with E-state index in [4.69, 9.17) is 15.0 Å². The minimum atomic E-state index is -4.60. The summed E-state index contributed by atoms with van der Waals surface area (Å²) in [6.07, 6.45) is -2.95. The Balaban J connectivity index is 0.00000155. The van der Waals surface area contributed by atoms with Crippen molar-refractivity contribution in [2.45, 2.75) is 53.3 Å². The number of aryl methyl sites for hydroxylation is 1. The second kappa shape index (κ2) is 9.55. The van der Waals surface area contributed by atoms with E-state index in [1.54, 1.807) is 13.8 Å². The maximum absolute atomic E-state index is 13.5. The van der Waals surface area contributed by atoms with Crippen molar-refractivity contribution in [3.05, 3.63) is 35.8 Å². The predicted octanol–water partition coefficient (Wildman–Crippen LogP) is 5.31. The van der Waals surface area contributed by atoms with Gasteiger partial charge in [-0.3, -0.25) is 0 Å². The van der Waals surface area contributed by atoms with Crippen LogP contribution in [0, 0.1) is 6.92 Å². The van der Waals surface area contributed by atoms with E-state index in [0.29, 0.717) is 17.8 Å². The highest BCUT2D eigenvalue weighted by molar-refractivity contribution is 5.68. The van der Waals surface area contributed by atoms with Gasteiger partial charge in [0.15, 0.2) is 0 Å². The van der Waals surface area contributed by atoms with Gasteiger partial charge >= 0.3 is 6.18 Å². The fourth-order valence-corrected chi connectivity index (χ4v) is 2.40. The van der Waals surface area contributed by atoms with Crippen LogP contribution in [-0.2, 0) is 6.18 Å². The average molecular weight is 423 g/mol. The number of aromatic nitrogens is 4. The number of benzene rings is 1. The Morgan fingerprint density at radius 2 is 1.90 bits per heavy atom. The standard InChI is InChI=1S/C18H18F3N5O2.C2H6/c1-4-9(2)27-14-6-5-11(7-13(14)18(19,20)21)17-25-16(26-28-17)12-8-23-10(3)24-15(12)22;1-2/h5-9H,4H2,1-3H3,(H2,22,23,24);1-2H3/t9-;/m0./s1. The molecule has 3 rings (SSSR count). The minimum absolute atomic E-state index is 0.0843. The van der Waals surface area contributed by atoms with Crippen molar-refractivity contribution in [2.75, 3.05) is 5.73 Å². The summed E-state index contributed by atoms with van der Waals surface area (Å²) < 4.78 is 51.0. The molecule has 0 aliphatic carbocycles. The van der Waals surface area contributed by atoms with Crippen LogP contribution in [0.2, 0.25) is 0 Å². The van der Waals surface area contributed by atoms with Gasteiger partial charge in [0, 0.05) is 11.8 Å². The molecule has 2 heterocycles. The van der Waals surface area contributed by atoms with Crippen molar-refractivity contribution >= 4 is 5.82 Å². The Morgan fingerprint density at radius 1 is 1.20 bits per heavy atom. The minimum Gasteiger partial charge on any atom is -0.490 e. The van der Waals surface area contributed by atoms with Crippen molar-refractivity contribution < 1.29 is 22.4 Å². The number of halogens is 3. The van der Waals surface area contributed by atoms with Crippen LogP contribution >= 0.6 is 0 Å². The van der Waals surface area contributed by atoms with Gasteiger partial charge in [0.05, 0.1) is 17.2 Å². The van der Waals surface area contributed by atoms with Crippen molar-refractivity contribution in [3.63, 3.8) is 0 Å². The molecule has 0 amide bonds.